The number of piperidine rings is 1. The summed E-state index contributed by atoms with van der Waals surface area (Å²) in [5.74, 6) is 1.07. The summed E-state index contributed by atoms with van der Waals surface area (Å²) in [6.07, 6.45) is 1.72. The number of rotatable bonds is 8. The van der Waals surface area contributed by atoms with Gasteiger partial charge in [0.2, 0.25) is 11.8 Å². The van der Waals surface area contributed by atoms with Gasteiger partial charge >= 0.3 is 6.09 Å². The van der Waals surface area contributed by atoms with Crippen molar-refractivity contribution in [3.8, 4) is 5.75 Å². The molecule has 1 fully saturated rings. The molecule has 0 bridgehead atoms. The predicted molar refractivity (Wildman–Crippen MR) is 118 cm³/mol. The van der Waals surface area contributed by atoms with Gasteiger partial charge < -0.3 is 25.0 Å². The van der Waals surface area contributed by atoms with Crippen molar-refractivity contribution in [1.29, 1.82) is 0 Å². The Labute approximate surface area is 184 Å². The number of nitrogens with one attached hydrogen (secondary N) is 2. The van der Waals surface area contributed by atoms with E-state index in [0.29, 0.717) is 32.0 Å². The number of hydrogen-bond donors (Lipinski definition) is 2. The molecule has 0 unspecified atom stereocenters. The van der Waals surface area contributed by atoms with Crippen molar-refractivity contribution in [3.05, 3.63) is 29.8 Å². The van der Waals surface area contributed by atoms with Gasteiger partial charge in [-0.3, -0.25) is 9.59 Å². The van der Waals surface area contributed by atoms with Crippen LogP contribution in [0.2, 0.25) is 0 Å². The standard InChI is InChI=1S/C23H35N3O5/c1-23(2,3)31-22(29)24-12-9-20(27)25-16-17-10-13-26(14-11-17)21(28)15-18-7-5-6-8-19(18)30-4/h5-8,17H,9-16H2,1-4H3,(H,24,29)(H,25,27). The Kier molecular flexibility index (Phi) is 9.15. The molecular weight excluding hydrogens is 398 g/mol. The van der Waals surface area contributed by atoms with E-state index in [1.165, 1.54) is 0 Å². The summed E-state index contributed by atoms with van der Waals surface area (Å²) in [4.78, 5) is 38.1. The molecule has 0 aliphatic carbocycles. The lowest BCUT2D eigenvalue weighted by Gasteiger charge is -2.32. The van der Waals surface area contributed by atoms with Crippen LogP contribution in [0, 0.1) is 5.92 Å². The van der Waals surface area contributed by atoms with Crippen LogP contribution in [0.1, 0.15) is 45.6 Å². The number of alkyl carbamates (subject to hydrolysis) is 1. The van der Waals surface area contributed by atoms with E-state index in [1.807, 2.05) is 29.2 Å². The molecule has 1 aromatic carbocycles. The first-order chi connectivity index (χ1) is 14.7. The number of carbonyl (C=O) groups excluding carboxylic acids is 3. The monoisotopic (exact) mass is 433 g/mol. The molecule has 1 aromatic rings. The lowest BCUT2D eigenvalue weighted by atomic mass is 9.96. The number of benzene rings is 1. The Morgan fingerprint density at radius 1 is 1.10 bits per heavy atom. The van der Waals surface area contributed by atoms with Crippen molar-refractivity contribution >= 4 is 17.9 Å². The molecule has 1 aliphatic heterocycles. The quantitative estimate of drug-likeness (QED) is 0.657. The lowest BCUT2D eigenvalue weighted by molar-refractivity contribution is -0.132. The molecule has 31 heavy (non-hydrogen) atoms. The van der Waals surface area contributed by atoms with Crippen LogP contribution in [0.4, 0.5) is 4.79 Å². The number of amides is 3. The van der Waals surface area contributed by atoms with Crippen molar-refractivity contribution in [1.82, 2.24) is 15.5 Å². The fraction of sp³-hybridized carbons (Fsp3) is 0.609. The number of carbonyl (C=O) groups is 3. The number of para-hydroxylation sites is 1. The molecule has 8 heteroatoms. The van der Waals surface area contributed by atoms with Crippen molar-refractivity contribution < 1.29 is 23.9 Å². The molecular formula is C23H35N3O5. The predicted octanol–water partition coefficient (Wildman–Crippen LogP) is 2.51. The van der Waals surface area contributed by atoms with Crippen LogP contribution in [0.5, 0.6) is 5.75 Å². The van der Waals surface area contributed by atoms with E-state index in [-0.39, 0.29) is 24.8 Å². The zero-order valence-corrected chi connectivity index (χ0v) is 19.0. The third-order valence-electron chi connectivity index (χ3n) is 5.11. The minimum absolute atomic E-state index is 0.0974. The lowest BCUT2D eigenvalue weighted by Crippen LogP contribution is -2.42. The smallest absolute Gasteiger partial charge is 0.407 e. The maximum absolute atomic E-state index is 12.6. The molecule has 172 valence electrons. The SMILES string of the molecule is COc1ccccc1CC(=O)N1CCC(CNC(=O)CCNC(=O)OC(C)(C)C)CC1. The van der Waals surface area contributed by atoms with E-state index in [1.54, 1.807) is 27.9 Å². The first-order valence-electron chi connectivity index (χ1n) is 10.8. The van der Waals surface area contributed by atoms with Crippen LogP contribution < -0.4 is 15.4 Å². The topological polar surface area (TPSA) is 97.0 Å². The van der Waals surface area contributed by atoms with Crippen molar-refractivity contribution in [3.63, 3.8) is 0 Å². The van der Waals surface area contributed by atoms with Gasteiger partial charge in [-0.05, 0) is 45.6 Å². The molecule has 2 rings (SSSR count). The molecule has 1 saturated heterocycles. The van der Waals surface area contributed by atoms with Gasteiger partial charge in [0.15, 0.2) is 0 Å². The van der Waals surface area contributed by atoms with Crippen LogP contribution in [0.15, 0.2) is 24.3 Å². The molecule has 3 amide bonds. The van der Waals surface area contributed by atoms with Gasteiger partial charge in [-0.25, -0.2) is 4.79 Å². The normalized spacial score (nSPS) is 14.6. The molecule has 0 aromatic heterocycles. The van der Waals surface area contributed by atoms with Gasteiger partial charge in [0.25, 0.3) is 0 Å². The Balaban J connectivity index is 1.63. The second kappa shape index (κ2) is 11.6. The summed E-state index contributed by atoms with van der Waals surface area (Å²) >= 11 is 0. The minimum atomic E-state index is -0.560. The van der Waals surface area contributed by atoms with Crippen LogP contribution in [-0.4, -0.2) is 61.7 Å². The average Bonchev–Trinajstić information content (AvgIpc) is 2.71. The first-order valence-corrected chi connectivity index (χ1v) is 10.8. The van der Waals surface area contributed by atoms with Gasteiger partial charge in [0, 0.05) is 38.2 Å². The van der Waals surface area contributed by atoms with Crippen LogP contribution >= 0.6 is 0 Å². The highest BCUT2D eigenvalue weighted by molar-refractivity contribution is 5.79. The number of hydrogen-bond acceptors (Lipinski definition) is 5. The number of methoxy groups -OCH3 is 1. The molecule has 0 spiro atoms. The van der Waals surface area contributed by atoms with E-state index in [2.05, 4.69) is 10.6 Å². The van der Waals surface area contributed by atoms with E-state index in [0.717, 1.165) is 24.2 Å². The number of nitrogens with zero attached hydrogens (tertiary/aromatic N) is 1. The summed E-state index contributed by atoms with van der Waals surface area (Å²) in [5, 5.41) is 5.50. The molecule has 0 saturated carbocycles. The minimum Gasteiger partial charge on any atom is -0.496 e. The van der Waals surface area contributed by atoms with Crippen LogP contribution in [0.3, 0.4) is 0 Å². The highest BCUT2D eigenvalue weighted by Gasteiger charge is 2.24. The largest absolute Gasteiger partial charge is 0.496 e. The highest BCUT2D eigenvalue weighted by Crippen LogP contribution is 2.21. The first kappa shape index (κ1) is 24.5. The Hall–Kier alpha value is -2.77. The van der Waals surface area contributed by atoms with Gasteiger partial charge in [-0.1, -0.05) is 18.2 Å². The maximum Gasteiger partial charge on any atom is 0.407 e. The highest BCUT2D eigenvalue weighted by atomic mass is 16.6. The third-order valence-corrected chi connectivity index (χ3v) is 5.11. The zero-order chi connectivity index (χ0) is 22.9. The average molecular weight is 434 g/mol. The molecule has 0 atom stereocenters. The maximum atomic E-state index is 12.6. The van der Waals surface area contributed by atoms with E-state index >= 15 is 0 Å². The molecule has 1 aliphatic rings. The summed E-state index contributed by atoms with van der Waals surface area (Å²) in [5.41, 5.74) is 0.333. The van der Waals surface area contributed by atoms with Crippen molar-refractivity contribution in [2.75, 3.05) is 33.3 Å². The second-order valence-corrected chi connectivity index (χ2v) is 8.80. The summed E-state index contributed by atoms with van der Waals surface area (Å²) in [6, 6.07) is 7.57. The van der Waals surface area contributed by atoms with Crippen molar-refractivity contribution in [2.45, 2.75) is 52.1 Å². The van der Waals surface area contributed by atoms with Gasteiger partial charge in [-0.15, -0.1) is 0 Å². The van der Waals surface area contributed by atoms with E-state index in [4.69, 9.17) is 9.47 Å². The number of likely N-dealkylation sites (tertiary alicyclic amines) is 1. The fourth-order valence-electron chi connectivity index (χ4n) is 3.45. The molecule has 8 nitrogen and oxygen atoms in total. The van der Waals surface area contributed by atoms with Gasteiger partial charge in [0.1, 0.15) is 11.4 Å². The van der Waals surface area contributed by atoms with Crippen molar-refractivity contribution in [2.24, 2.45) is 5.92 Å². The Morgan fingerprint density at radius 3 is 2.42 bits per heavy atom. The Bertz CT molecular complexity index is 752. The van der Waals surface area contributed by atoms with Crippen LogP contribution in [0.25, 0.3) is 0 Å². The van der Waals surface area contributed by atoms with E-state index in [9.17, 15) is 14.4 Å². The zero-order valence-electron chi connectivity index (χ0n) is 19.0. The molecule has 1 heterocycles. The molecule has 0 radical (unpaired) electrons. The summed E-state index contributed by atoms with van der Waals surface area (Å²) in [6.45, 7) is 7.56. The number of ether oxygens (including phenoxy) is 2. The fourth-order valence-corrected chi connectivity index (χ4v) is 3.45. The summed E-state index contributed by atoms with van der Waals surface area (Å²) < 4.78 is 10.5. The van der Waals surface area contributed by atoms with E-state index < -0.39 is 11.7 Å². The van der Waals surface area contributed by atoms with Gasteiger partial charge in [0.05, 0.1) is 13.5 Å². The molecule has 2 N–H and O–H groups in total. The Morgan fingerprint density at radius 2 is 1.77 bits per heavy atom. The third kappa shape index (κ3) is 8.86. The van der Waals surface area contributed by atoms with Gasteiger partial charge in [-0.2, -0.15) is 0 Å². The summed E-state index contributed by atoms with van der Waals surface area (Å²) in [7, 11) is 1.61. The second-order valence-electron chi connectivity index (χ2n) is 8.80. The van der Waals surface area contributed by atoms with Crippen LogP contribution in [-0.2, 0) is 20.7 Å².